The van der Waals surface area contributed by atoms with E-state index >= 15 is 0 Å². The standard InChI is InChI=1S/C14H27NO4/c1-3-18-14(17)9-15-8-12(16)10-19-13-6-4-11(2)5-7-13/h11-13,15-16H,3-10H2,1-2H3. The molecule has 1 rings (SSSR count). The molecule has 5 heteroatoms. The van der Waals surface area contributed by atoms with Crippen LogP contribution in [-0.2, 0) is 14.3 Å². The van der Waals surface area contributed by atoms with E-state index in [4.69, 9.17) is 9.47 Å². The Labute approximate surface area is 115 Å². The van der Waals surface area contributed by atoms with E-state index in [0.717, 1.165) is 18.8 Å². The summed E-state index contributed by atoms with van der Waals surface area (Å²) < 4.78 is 10.5. The first-order valence-electron chi connectivity index (χ1n) is 7.27. The van der Waals surface area contributed by atoms with Gasteiger partial charge in [-0.05, 0) is 38.5 Å². The van der Waals surface area contributed by atoms with Crippen LogP contribution in [-0.4, -0.2) is 49.6 Å². The smallest absolute Gasteiger partial charge is 0.319 e. The van der Waals surface area contributed by atoms with Gasteiger partial charge in [0.25, 0.3) is 0 Å². The second kappa shape index (κ2) is 9.28. The average Bonchev–Trinajstić information content (AvgIpc) is 2.38. The molecule has 0 aromatic rings. The van der Waals surface area contributed by atoms with E-state index in [2.05, 4.69) is 12.2 Å². The topological polar surface area (TPSA) is 67.8 Å². The quantitative estimate of drug-likeness (QED) is 0.648. The van der Waals surface area contributed by atoms with E-state index in [0.29, 0.717) is 19.8 Å². The molecular weight excluding hydrogens is 246 g/mol. The Hall–Kier alpha value is -0.650. The second-order valence-corrected chi connectivity index (χ2v) is 5.30. The Morgan fingerprint density at radius 2 is 2.05 bits per heavy atom. The number of aliphatic hydroxyl groups excluding tert-OH is 1. The first-order valence-corrected chi connectivity index (χ1v) is 7.27. The van der Waals surface area contributed by atoms with Gasteiger partial charge in [0.05, 0.1) is 32.0 Å². The molecule has 0 aromatic carbocycles. The molecule has 0 heterocycles. The summed E-state index contributed by atoms with van der Waals surface area (Å²) in [5.41, 5.74) is 0. The predicted molar refractivity (Wildman–Crippen MR) is 72.9 cm³/mol. The Balaban J connectivity index is 2.01. The van der Waals surface area contributed by atoms with Crippen LogP contribution in [0.5, 0.6) is 0 Å². The molecule has 0 spiro atoms. The van der Waals surface area contributed by atoms with E-state index in [1.54, 1.807) is 6.92 Å². The number of nitrogens with one attached hydrogen (secondary N) is 1. The Kier molecular flexibility index (Phi) is 8.02. The molecule has 1 atom stereocenters. The van der Waals surface area contributed by atoms with Crippen LogP contribution in [0.3, 0.4) is 0 Å². The molecule has 2 N–H and O–H groups in total. The van der Waals surface area contributed by atoms with Crippen molar-refractivity contribution in [3.63, 3.8) is 0 Å². The molecule has 1 unspecified atom stereocenters. The molecule has 0 bridgehead atoms. The summed E-state index contributed by atoms with van der Waals surface area (Å²) >= 11 is 0. The molecule has 1 aliphatic carbocycles. The highest BCUT2D eigenvalue weighted by Crippen LogP contribution is 2.25. The van der Waals surface area contributed by atoms with Crippen molar-refractivity contribution in [1.29, 1.82) is 0 Å². The van der Waals surface area contributed by atoms with Gasteiger partial charge < -0.3 is 19.9 Å². The zero-order valence-electron chi connectivity index (χ0n) is 12.1. The Bertz CT molecular complexity index is 252. The number of rotatable bonds is 8. The van der Waals surface area contributed by atoms with E-state index < -0.39 is 6.10 Å². The summed E-state index contributed by atoms with van der Waals surface area (Å²) in [7, 11) is 0. The monoisotopic (exact) mass is 273 g/mol. The van der Waals surface area contributed by atoms with Crippen molar-refractivity contribution in [2.45, 2.75) is 51.7 Å². The normalized spacial score (nSPS) is 25.0. The van der Waals surface area contributed by atoms with Crippen LogP contribution in [0.4, 0.5) is 0 Å². The summed E-state index contributed by atoms with van der Waals surface area (Å²) in [4.78, 5) is 11.1. The fourth-order valence-electron chi connectivity index (χ4n) is 2.26. The van der Waals surface area contributed by atoms with Crippen LogP contribution >= 0.6 is 0 Å². The van der Waals surface area contributed by atoms with Crippen LogP contribution in [0.15, 0.2) is 0 Å². The highest BCUT2D eigenvalue weighted by molar-refractivity contribution is 5.71. The van der Waals surface area contributed by atoms with Gasteiger partial charge in [-0.3, -0.25) is 4.79 Å². The fraction of sp³-hybridized carbons (Fsp3) is 0.929. The number of esters is 1. The number of hydrogen-bond donors (Lipinski definition) is 2. The van der Waals surface area contributed by atoms with Gasteiger partial charge in [0.15, 0.2) is 0 Å². The van der Waals surface area contributed by atoms with Crippen molar-refractivity contribution in [1.82, 2.24) is 5.32 Å². The molecule has 0 saturated heterocycles. The molecule has 0 radical (unpaired) electrons. The molecule has 0 amide bonds. The minimum absolute atomic E-state index is 0.131. The van der Waals surface area contributed by atoms with Crippen molar-refractivity contribution in [2.75, 3.05) is 26.3 Å². The minimum atomic E-state index is -0.575. The number of ether oxygens (including phenoxy) is 2. The summed E-state index contributed by atoms with van der Waals surface area (Å²) in [6.45, 7) is 5.23. The van der Waals surface area contributed by atoms with Gasteiger partial charge in [0, 0.05) is 6.54 Å². The highest BCUT2D eigenvalue weighted by atomic mass is 16.5. The van der Waals surface area contributed by atoms with Crippen molar-refractivity contribution in [3.05, 3.63) is 0 Å². The van der Waals surface area contributed by atoms with Crippen LogP contribution in [0, 0.1) is 5.92 Å². The average molecular weight is 273 g/mol. The lowest BCUT2D eigenvalue weighted by Crippen LogP contribution is -2.35. The lowest BCUT2D eigenvalue weighted by molar-refractivity contribution is -0.142. The van der Waals surface area contributed by atoms with Crippen molar-refractivity contribution < 1.29 is 19.4 Å². The van der Waals surface area contributed by atoms with Crippen molar-refractivity contribution in [2.24, 2.45) is 5.92 Å². The lowest BCUT2D eigenvalue weighted by atomic mass is 9.89. The maximum atomic E-state index is 11.1. The number of carbonyl (C=O) groups is 1. The largest absolute Gasteiger partial charge is 0.465 e. The van der Waals surface area contributed by atoms with Crippen LogP contribution in [0.2, 0.25) is 0 Å². The fourth-order valence-corrected chi connectivity index (χ4v) is 2.26. The minimum Gasteiger partial charge on any atom is -0.465 e. The zero-order chi connectivity index (χ0) is 14.1. The van der Waals surface area contributed by atoms with Gasteiger partial charge >= 0.3 is 5.97 Å². The maximum Gasteiger partial charge on any atom is 0.319 e. The van der Waals surface area contributed by atoms with Crippen molar-refractivity contribution in [3.8, 4) is 0 Å². The molecule has 1 fully saturated rings. The molecule has 112 valence electrons. The van der Waals surface area contributed by atoms with E-state index in [1.165, 1.54) is 12.8 Å². The second-order valence-electron chi connectivity index (χ2n) is 5.30. The first kappa shape index (κ1) is 16.4. The molecule has 1 aliphatic rings. The zero-order valence-corrected chi connectivity index (χ0v) is 12.1. The van der Waals surface area contributed by atoms with Gasteiger partial charge in [-0.2, -0.15) is 0 Å². The molecular formula is C14H27NO4. The van der Waals surface area contributed by atoms with Crippen LogP contribution in [0.25, 0.3) is 0 Å². The third-order valence-corrected chi connectivity index (χ3v) is 3.44. The molecule has 1 saturated carbocycles. The first-order chi connectivity index (χ1) is 9.11. The van der Waals surface area contributed by atoms with Gasteiger partial charge in [-0.1, -0.05) is 6.92 Å². The SMILES string of the molecule is CCOC(=O)CNCC(O)COC1CCC(C)CC1. The highest BCUT2D eigenvalue weighted by Gasteiger charge is 2.19. The number of hydrogen-bond acceptors (Lipinski definition) is 5. The lowest BCUT2D eigenvalue weighted by Gasteiger charge is -2.27. The molecule has 19 heavy (non-hydrogen) atoms. The third-order valence-electron chi connectivity index (χ3n) is 3.44. The summed E-state index contributed by atoms with van der Waals surface area (Å²) in [5, 5.41) is 12.6. The molecule has 5 nitrogen and oxygen atoms in total. The van der Waals surface area contributed by atoms with Gasteiger partial charge in [0.1, 0.15) is 0 Å². The number of aliphatic hydroxyl groups is 1. The van der Waals surface area contributed by atoms with Crippen LogP contribution < -0.4 is 5.32 Å². The van der Waals surface area contributed by atoms with Crippen LogP contribution in [0.1, 0.15) is 39.5 Å². The maximum absolute atomic E-state index is 11.1. The van der Waals surface area contributed by atoms with E-state index in [-0.39, 0.29) is 18.6 Å². The Morgan fingerprint density at radius 3 is 2.68 bits per heavy atom. The number of carbonyl (C=O) groups excluding carboxylic acids is 1. The van der Waals surface area contributed by atoms with Gasteiger partial charge in [-0.15, -0.1) is 0 Å². The third kappa shape index (κ3) is 7.50. The van der Waals surface area contributed by atoms with Crippen molar-refractivity contribution >= 4 is 5.97 Å². The van der Waals surface area contributed by atoms with E-state index in [9.17, 15) is 9.90 Å². The summed E-state index contributed by atoms with van der Waals surface area (Å²) in [6, 6.07) is 0. The van der Waals surface area contributed by atoms with Gasteiger partial charge in [0.2, 0.25) is 0 Å². The molecule has 0 aliphatic heterocycles. The van der Waals surface area contributed by atoms with E-state index in [1.807, 2.05) is 0 Å². The van der Waals surface area contributed by atoms with Gasteiger partial charge in [-0.25, -0.2) is 0 Å². The Morgan fingerprint density at radius 1 is 1.37 bits per heavy atom. The predicted octanol–water partition coefficient (Wildman–Crippen LogP) is 1.10. The summed E-state index contributed by atoms with van der Waals surface area (Å²) in [6.07, 6.45) is 4.31. The molecule has 0 aromatic heterocycles. The summed E-state index contributed by atoms with van der Waals surface area (Å²) in [5.74, 6) is 0.507.